The van der Waals surface area contributed by atoms with E-state index in [1.807, 2.05) is 4.90 Å². The molecular weight excluding hydrogens is 286 g/mol. The standard InChI is InChI=1S/C19H23N3O/c23-19(7-6-18-13-20-15-21-14-18)22-10-8-17(9-11-22)12-16-4-2-1-3-5-16/h1-5,13-15,17H,6-12H2. The molecule has 1 aromatic carbocycles. The van der Waals surface area contributed by atoms with Gasteiger partial charge in [0.2, 0.25) is 5.91 Å². The molecule has 1 aliphatic rings. The molecule has 0 bridgehead atoms. The average Bonchev–Trinajstić information content (AvgIpc) is 2.62. The minimum absolute atomic E-state index is 0.256. The maximum absolute atomic E-state index is 12.3. The molecule has 1 fully saturated rings. The number of hydrogen-bond donors (Lipinski definition) is 0. The fourth-order valence-electron chi connectivity index (χ4n) is 3.20. The van der Waals surface area contributed by atoms with Crippen molar-refractivity contribution in [2.24, 2.45) is 5.92 Å². The normalized spacial score (nSPS) is 15.6. The fourth-order valence-corrected chi connectivity index (χ4v) is 3.20. The maximum Gasteiger partial charge on any atom is 0.222 e. The second kappa shape index (κ2) is 7.86. The van der Waals surface area contributed by atoms with Gasteiger partial charge in [0.15, 0.2) is 0 Å². The lowest BCUT2D eigenvalue weighted by molar-refractivity contribution is -0.132. The van der Waals surface area contributed by atoms with Gasteiger partial charge >= 0.3 is 0 Å². The van der Waals surface area contributed by atoms with Crippen LogP contribution in [0.5, 0.6) is 0 Å². The number of benzene rings is 1. The number of carbonyl (C=O) groups excluding carboxylic acids is 1. The Kier molecular flexibility index (Phi) is 5.35. The van der Waals surface area contributed by atoms with Crippen molar-refractivity contribution in [3.05, 3.63) is 60.2 Å². The highest BCUT2D eigenvalue weighted by molar-refractivity contribution is 5.76. The molecule has 1 aromatic heterocycles. The molecule has 1 aliphatic heterocycles. The molecule has 0 aliphatic carbocycles. The van der Waals surface area contributed by atoms with Gasteiger partial charge in [-0.15, -0.1) is 0 Å². The topological polar surface area (TPSA) is 46.1 Å². The SMILES string of the molecule is O=C(CCc1cncnc1)N1CCC(Cc2ccccc2)CC1. The molecule has 4 heteroatoms. The third-order valence-corrected chi connectivity index (χ3v) is 4.58. The van der Waals surface area contributed by atoms with Gasteiger partial charge in [0.25, 0.3) is 0 Å². The van der Waals surface area contributed by atoms with Crippen molar-refractivity contribution in [3.8, 4) is 0 Å². The summed E-state index contributed by atoms with van der Waals surface area (Å²) in [5.41, 5.74) is 2.43. The monoisotopic (exact) mass is 309 g/mol. The van der Waals surface area contributed by atoms with Gasteiger partial charge in [-0.1, -0.05) is 30.3 Å². The van der Waals surface area contributed by atoms with E-state index in [4.69, 9.17) is 0 Å². The lowest BCUT2D eigenvalue weighted by atomic mass is 9.90. The number of aryl methyl sites for hydroxylation is 1. The van der Waals surface area contributed by atoms with Crippen LogP contribution in [0.3, 0.4) is 0 Å². The first-order valence-corrected chi connectivity index (χ1v) is 8.37. The second-order valence-corrected chi connectivity index (χ2v) is 6.26. The van der Waals surface area contributed by atoms with Crippen LogP contribution in [0.4, 0.5) is 0 Å². The molecule has 4 nitrogen and oxygen atoms in total. The number of nitrogens with zero attached hydrogens (tertiary/aromatic N) is 3. The van der Waals surface area contributed by atoms with Crippen LogP contribution < -0.4 is 0 Å². The smallest absolute Gasteiger partial charge is 0.222 e. The zero-order chi connectivity index (χ0) is 15.9. The number of hydrogen-bond acceptors (Lipinski definition) is 3. The van der Waals surface area contributed by atoms with Crippen LogP contribution in [0.2, 0.25) is 0 Å². The third kappa shape index (κ3) is 4.62. The predicted molar refractivity (Wildman–Crippen MR) is 89.8 cm³/mol. The van der Waals surface area contributed by atoms with Gasteiger partial charge in [-0.05, 0) is 42.7 Å². The van der Waals surface area contributed by atoms with Crippen molar-refractivity contribution >= 4 is 5.91 Å². The Hall–Kier alpha value is -2.23. The Morgan fingerprint density at radius 2 is 1.74 bits per heavy atom. The van der Waals surface area contributed by atoms with E-state index in [0.29, 0.717) is 12.3 Å². The fraction of sp³-hybridized carbons (Fsp3) is 0.421. The Balaban J connectivity index is 1.42. The van der Waals surface area contributed by atoms with Crippen LogP contribution in [-0.2, 0) is 17.6 Å². The Morgan fingerprint density at radius 1 is 1.04 bits per heavy atom. The van der Waals surface area contributed by atoms with E-state index in [-0.39, 0.29) is 5.91 Å². The molecule has 0 atom stereocenters. The Morgan fingerprint density at radius 3 is 2.43 bits per heavy atom. The van der Waals surface area contributed by atoms with Crippen LogP contribution in [0.15, 0.2) is 49.1 Å². The number of carbonyl (C=O) groups is 1. The van der Waals surface area contributed by atoms with Crippen molar-refractivity contribution in [2.75, 3.05) is 13.1 Å². The molecule has 2 aromatic rings. The van der Waals surface area contributed by atoms with E-state index in [9.17, 15) is 4.79 Å². The van der Waals surface area contributed by atoms with E-state index in [2.05, 4.69) is 40.3 Å². The summed E-state index contributed by atoms with van der Waals surface area (Å²) >= 11 is 0. The van der Waals surface area contributed by atoms with E-state index in [1.165, 1.54) is 11.9 Å². The minimum Gasteiger partial charge on any atom is -0.343 e. The summed E-state index contributed by atoms with van der Waals surface area (Å²) in [7, 11) is 0. The molecule has 120 valence electrons. The van der Waals surface area contributed by atoms with Gasteiger partial charge in [0, 0.05) is 31.9 Å². The first kappa shape index (κ1) is 15.7. The van der Waals surface area contributed by atoms with Gasteiger partial charge in [0.05, 0.1) is 0 Å². The summed E-state index contributed by atoms with van der Waals surface area (Å²) in [6.07, 6.45) is 9.70. The van der Waals surface area contributed by atoms with Crippen LogP contribution in [-0.4, -0.2) is 33.9 Å². The van der Waals surface area contributed by atoms with Gasteiger partial charge in [0.1, 0.15) is 6.33 Å². The van der Waals surface area contributed by atoms with Gasteiger partial charge < -0.3 is 4.90 Å². The zero-order valence-corrected chi connectivity index (χ0v) is 13.4. The molecule has 0 spiro atoms. The number of piperidine rings is 1. The Bertz CT molecular complexity index is 607. The minimum atomic E-state index is 0.256. The molecule has 3 rings (SSSR count). The molecule has 1 amide bonds. The van der Waals surface area contributed by atoms with Gasteiger partial charge in [-0.3, -0.25) is 4.79 Å². The molecule has 0 saturated carbocycles. The van der Waals surface area contributed by atoms with E-state index in [0.717, 1.165) is 44.3 Å². The largest absolute Gasteiger partial charge is 0.343 e. The summed E-state index contributed by atoms with van der Waals surface area (Å²) in [6.45, 7) is 1.78. The summed E-state index contributed by atoms with van der Waals surface area (Å²) in [6, 6.07) is 10.6. The van der Waals surface area contributed by atoms with Crippen molar-refractivity contribution < 1.29 is 4.79 Å². The van der Waals surface area contributed by atoms with E-state index < -0.39 is 0 Å². The van der Waals surface area contributed by atoms with Crippen LogP contribution in [0.25, 0.3) is 0 Å². The first-order chi connectivity index (χ1) is 11.3. The van der Waals surface area contributed by atoms with Crippen molar-refractivity contribution in [1.29, 1.82) is 0 Å². The highest BCUT2D eigenvalue weighted by Crippen LogP contribution is 2.22. The summed E-state index contributed by atoms with van der Waals surface area (Å²) < 4.78 is 0. The van der Waals surface area contributed by atoms with E-state index >= 15 is 0 Å². The number of amides is 1. The maximum atomic E-state index is 12.3. The highest BCUT2D eigenvalue weighted by Gasteiger charge is 2.22. The molecule has 0 unspecified atom stereocenters. The molecule has 2 heterocycles. The quantitative estimate of drug-likeness (QED) is 0.853. The summed E-state index contributed by atoms with van der Waals surface area (Å²) in [5.74, 6) is 0.955. The van der Waals surface area contributed by atoms with Crippen molar-refractivity contribution in [2.45, 2.75) is 32.1 Å². The molecule has 0 N–H and O–H groups in total. The van der Waals surface area contributed by atoms with Crippen molar-refractivity contribution in [1.82, 2.24) is 14.9 Å². The van der Waals surface area contributed by atoms with Crippen LogP contribution in [0.1, 0.15) is 30.4 Å². The lowest BCUT2D eigenvalue weighted by Crippen LogP contribution is -2.39. The molecule has 1 saturated heterocycles. The highest BCUT2D eigenvalue weighted by atomic mass is 16.2. The van der Waals surface area contributed by atoms with E-state index in [1.54, 1.807) is 12.4 Å². The summed E-state index contributed by atoms with van der Waals surface area (Å²) in [4.78, 5) is 22.3. The average molecular weight is 309 g/mol. The number of aromatic nitrogens is 2. The predicted octanol–water partition coefficient (Wildman–Crippen LogP) is 2.89. The van der Waals surface area contributed by atoms with Gasteiger partial charge in [-0.2, -0.15) is 0 Å². The molecular formula is C19H23N3O. The third-order valence-electron chi connectivity index (χ3n) is 4.58. The van der Waals surface area contributed by atoms with Crippen molar-refractivity contribution in [3.63, 3.8) is 0 Å². The zero-order valence-electron chi connectivity index (χ0n) is 13.4. The lowest BCUT2D eigenvalue weighted by Gasteiger charge is -2.32. The first-order valence-electron chi connectivity index (χ1n) is 8.37. The van der Waals surface area contributed by atoms with Gasteiger partial charge in [-0.25, -0.2) is 9.97 Å². The number of likely N-dealkylation sites (tertiary alicyclic amines) is 1. The van der Waals surface area contributed by atoms with Crippen LogP contribution >= 0.6 is 0 Å². The second-order valence-electron chi connectivity index (χ2n) is 6.26. The van der Waals surface area contributed by atoms with Crippen LogP contribution in [0, 0.1) is 5.92 Å². The summed E-state index contributed by atoms with van der Waals surface area (Å²) in [5, 5.41) is 0. The Labute approximate surface area is 137 Å². The molecule has 23 heavy (non-hydrogen) atoms. The molecule has 0 radical (unpaired) electrons. The number of rotatable bonds is 5.